The summed E-state index contributed by atoms with van der Waals surface area (Å²) in [6, 6.07) is 4.93. The van der Waals surface area contributed by atoms with Crippen molar-refractivity contribution >= 4 is 23.4 Å². The van der Waals surface area contributed by atoms with Crippen molar-refractivity contribution in [3.63, 3.8) is 0 Å². The highest BCUT2D eigenvalue weighted by molar-refractivity contribution is 7.99. The Morgan fingerprint density at radius 3 is 2.89 bits per heavy atom. The molecule has 19 heavy (non-hydrogen) atoms. The molecule has 2 N–H and O–H groups in total. The topological polar surface area (TPSA) is 89.3 Å². The van der Waals surface area contributed by atoms with E-state index in [9.17, 15) is 9.90 Å². The Balaban J connectivity index is 2.34. The average Bonchev–Trinajstić information content (AvgIpc) is 2.77. The molecule has 0 aliphatic rings. The Morgan fingerprint density at radius 1 is 1.53 bits per heavy atom. The Kier molecular flexibility index (Phi) is 4.03. The van der Waals surface area contributed by atoms with Gasteiger partial charge < -0.3 is 9.67 Å². The molecule has 0 amide bonds. The fourth-order valence-corrected chi connectivity index (χ4v) is 2.30. The monoisotopic (exact) mass is 280 g/mol. The van der Waals surface area contributed by atoms with Crippen LogP contribution in [0.25, 0.3) is 0 Å². The molecular weight excluding hydrogens is 268 g/mol. The lowest BCUT2D eigenvalue weighted by Gasteiger charge is -2.08. The lowest BCUT2D eigenvalue weighted by molar-refractivity contribution is 0.0693. The summed E-state index contributed by atoms with van der Waals surface area (Å²) in [4.78, 5) is 16.6. The van der Waals surface area contributed by atoms with Gasteiger partial charge in [-0.25, -0.2) is 4.79 Å². The number of carboxylic acid groups (broad SMARTS) is 1. The summed E-state index contributed by atoms with van der Waals surface area (Å²) in [6.07, 6.45) is 1.56. The van der Waals surface area contributed by atoms with Crippen molar-refractivity contribution in [3.05, 3.63) is 30.1 Å². The molecule has 1 aromatic carbocycles. The van der Waals surface area contributed by atoms with Crippen molar-refractivity contribution < 1.29 is 14.7 Å². The standard InChI is InChI=1S/C11H12N4O3S/c1-15-6-12-13-11(15)19-9-4-3-7(14-18-2)5-8(9)10(16)17/h3-6,14H,1-2H3,(H,16,17). The van der Waals surface area contributed by atoms with Crippen LogP contribution in [0.15, 0.2) is 34.6 Å². The van der Waals surface area contributed by atoms with Crippen molar-refractivity contribution in [1.82, 2.24) is 14.8 Å². The summed E-state index contributed by atoms with van der Waals surface area (Å²) >= 11 is 1.24. The van der Waals surface area contributed by atoms with Crippen molar-refractivity contribution in [1.29, 1.82) is 0 Å². The fraction of sp³-hybridized carbons (Fsp3) is 0.182. The van der Waals surface area contributed by atoms with E-state index in [0.29, 0.717) is 15.7 Å². The normalized spacial score (nSPS) is 10.4. The van der Waals surface area contributed by atoms with Gasteiger partial charge in [0.25, 0.3) is 0 Å². The van der Waals surface area contributed by atoms with Crippen LogP contribution in [0, 0.1) is 0 Å². The number of aromatic nitrogens is 3. The smallest absolute Gasteiger partial charge is 0.336 e. The number of nitrogens with zero attached hydrogens (tertiary/aromatic N) is 3. The van der Waals surface area contributed by atoms with Crippen LogP contribution in [0.4, 0.5) is 5.69 Å². The van der Waals surface area contributed by atoms with Gasteiger partial charge in [-0.1, -0.05) is 0 Å². The maximum Gasteiger partial charge on any atom is 0.336 e. The van der Waals surface area contributed by atoms with E-state index in [1.165, 1.54) is 24.9 Å². The zero-order chi connectivity index (χ0) is 13.8. The van der Waals surface area contributed by atoms with Crippen LogP contribution < -0.4 is 5.48 Å². The quantitative estimate of drug-likeness (QED) is 0.805. The predicted octanol–water partition coefficient (Wildman–Crippen LogP) is 1.64. The third-order valence-corrected chi connectivity index (χ3v) is 3.43. The Bertz CT molecular complexity index is 599. The molecule has 0 aliphatic heterocycles. The number of benzene rings is 1. The maximum atomic E-state index is 11.3. The zero-order valence-electron chi connectivity index (χ0n) is 10.3. The number of carboxylic acids is 1. The summed E-state index contributed by atoms with van der Waals surface area (Å²) in [6.45, 7) is 0. The first-order chi connectivity index (χ1) is 9.11. The number of nitrogens with one attached hydrogen (secondary N) is 1. The average molecular weight is 280 g/mol. The number of hydrogen-bond acceptors (Lipinski definition) is 6. The molecular formula is C11H12N4O3S. The van der Waals surface area contributed by atoms with Gasteiger partial charge in [-0.2, -0.15) is 0 Å². The summed E-state index contributed by atoms with van der Waals surface area (Å²) < 4.78 is 1.72. The van der Waals surface area contributed by atoms with Crippen LogP contribution in [0.1, 0.15) is 10.4 Å². The van der Waals surface area contributed by atoms with Crippen LogP contribution in [0.5, 0.6) is 0 Å². The second kappa shape index (κ2) is 5.72. The van der Waals surface area contributed by atoms with E-state index in [1.807, 2.05) is 0 Å². The minimum atomic E-state index is -1.01. The van der Waals surface area contributed by atoms with Crippen molar-refractivity contribution in [2.45, 2.75) is 10.1 Å². The molecule has 1 aromatic heterocycles. The molecule has 1 heterocycles. The van der Waals surface area contributed by atoms with Gasteiger partial charge in [0.15, 0.2) is 5.16 Å². The lowest BCUT2D eigenvalue weighted by atomic mass is 10.2. The summed E-state index contributed by atoms with van der Waals surface area (Å²) in [5, 5.41) is 17.5. The molecule has 0 bridgehead atoms. The Labute approximate surface area is 113 Å². The van der Waals surface area contributed by atoms with Crippen LogP contribution in [-0.4, -0.2) is 33.0 Å². The van der Waals surface area contributed by atoms with Crippen molar-refractivity contribution in [2.75, 3.05) is 12.6 Å². The second-order valence-electron chi connectivity index (χ2n) is 3.65. The van der Waals surface area contributed by atoms with Gasteiger partial charge in [0.1, 0.15) is 6.33 Å². The van der Waals surface area contributed by atoms with Crippen LogP contribution in [-0.2, 0) is 11.9 Å². The van der Waals surface area contributed by atoms with E-state index < -0.39 is 5.97 Å². The third kappa shape index (κ3) is 3.04. The highest BCUT2D eigenvalue weighted by Gasteiger charge is 2.14. The Hall–Kier alpha value is -2.06. The van der Waals surface area contributed by atoms with Gasteiger partial charge in [0.2, 0.25) is 0 Å². The molecule has 0 saturated carbocycles. The van der Waals surface area contributed by atoms with Crippen molar-refractivity contribution in [2.24, 2.45) is 7.05 Å². The fourth-order valence-electron chi connectivity index (χ4n) is 1.43. The molecule has 7 nitrogen and oxygen atoms in total. The van der Waals surface area contributed by atoms with E-state index in [1.54, 1.807) is 30.1 Å². The van der Waals surface area contributed by atoms with Crippen LogP contribution in [0.3, 0.4) is 0 Å². The van der Waals surface area contributed by atoms with Gasteiger partial charge in [-0.3, -0.25) is 10.3 Å². The minimum Gasteiger partial charge on any atom is -0.478 e. The van der Waals surface area contributed by atoms with E-state index in [2.05, 4.69) is 15.7 Å². The van der Waals surface area contributed by atoms with E-state index >= 15 is 0 Å². The molecule has 0 saturated heterocycles. The van der Waals surface area contributed by atoms with Gasteiger partial charge >= 0.3 is 5.97 Å². The van der Waals surface area contributed by atoms with Gasteiger partial charge in [-0.15, -0.1) is 10.2 Å². The third-order valence-electron chi connectivity index (χ3n) is 2.30. The highest BCUT2D eigenvalue weighted by atomic mass is 32.2. The number of carbonyl (C=O) groups is 1. The number of aryl methyl sites for hydroxylation is 1. The number of rotatable bonds is 5. The molecule has 0 spiro atoms. The predicted molar refractivity (Wildman–Crippen MR) is 69.2 cm³/mol. The zero-order valence-corrected chi connectivity index (χ0v) is 11.1. The van der Waals surface area contributed by atoms with Crippen LogP contribution in [0.2, 0.25) is 0 Å². The number of anilines is 1. The first-order valence-corrected chi connectivity index (χ1v) is 6.11. The largest absolute Gasteiger partial charge is 0.478 e. The molecule has 0 unspecified atom stereocenters. The summed E-state index contributed by atoms with van der Waals surface area (Å²) in [7, 11) is 3.26. The summed E-state index contributed by atoms with van der Waals surface area (Å²) in [5.41, 5.74) is 3.34. The van der Waals surface area contributed by atoms with Crippen molar-refractivity contribution in [3.8, 4) is 0 Å². The van der Waals surface area contributed by atoms with E-state index in [4.69, 9.17) is 4.84 Å². The molecule has 0 atom stereocenters. The van der Waals surface area contributed by atoms with Crippen LogP contribution >= 0.6 is 11.8 Å². The molecule has 100 valence electrons. The Morgan fingerprint density at radius 2 is 2.32 bits per heavy atom. The van der Waals surface area contributed by atoms with E-state index in [-0.39, 0.29) is 5.56 Å². The first-order valence-electron chi connectivity index (χ1n) is 5.30. The molecule has 8 heteroatoms. The highest BCUT2D eigenvalue weighted by Crippen LogP contribution is 2.30. The minimum absolute atomic E-state index is 0.176. The number of aromatic carboxylic acids is 1. The molecule has 2 rings (SSSR count). The van der Waals surface area contributed by atoms with Gasteiger partial charge in [-0.05, 0) is 30.0 Å². The number of hydrogen-bond donors (Lipinski definition) is 2. The SMILES string of the molecule is CONc1ccc(Sc2nncn2C)c(C(=O)O)c1. The van der Waals surface area contributed by atoms with Gasteiger partial charge in [0.05, 0.1) is 18.4 Å². The summed E-state index contributed by atoms with van der Waals surface area (Å²) in [5.74, 6) is -1.01. The second-order valence-corrected chi connectivity index (χ2v) is 4.66. The molecule has 0 radical (unpaired) electrons. The van der Waals surface area contributed by atoms with Gasteiger partial charge in [0, 0.05) is 11.9 Å². The molecule has 0 fully saturated rings. The molecule has 0 aliphatic carbocycles. The maximum absolute atomic E-state index is 11.3. The van der Waals surface area contributed by atoms with E-state index in [0.717, 1.165) is 0 Å². The molecule has 2 aromatic rings. The first kappa shape index (κ1) is 13.4. The lowest BCUT2D eigenvalue weighted by Crippen LogP contribution is -2.03.